The number of hydrogen-bond donors (Lipinski definition) is 1. The van der Waals surface area contributed by atoms with Gasteiger partial charge in [0.2, 0.25) is 5.89 Å². The van der Waals surface area contributed by atoms with Crippen LogP contribution in [-0.4, -0.2) is 60.6 Å². The number of rotatable bonds is 5. The molecule has 2 saturated heterocycles. The van der Waals surface area contributed by atoms with Gasteiger partial charge in [0.05, 0.1) is 31.3 Å². The first-order valence-corrected chi connectivity index (χ1v) is 7.78. The Morgan fingerprint density at radius 1 is 1.33 bits per heavy atom. The van der Waals surface area contributed by atoms with Crippen LogP contribution in [0, 0.1) is 0 Å². The molecule has 7 nitrogen and oxygen atoms in total. The molecular weight excluding hydrogens is 272 g/mol. The van der Waals surface area contributed by atoms with E-state index in [0.29, 0.717) is 11.7 Å². The van der Waals surface area contributed by atoms with Crippen LogP contribution in [0.25, 0.3) is 0 Å². The molecule has 0 radical (unpaired) electrons. The summed E-state index contributed by atoms with van der Waals surface area (Å²) >= 11 is 0. The molecule has 0 amide bonds. The predicted molar refractivity (Wildman–Crippen MR) is 75.9 cm³/mol. The molecule has 118 valence electrons. The third-order valence-corrected chi connectivity index (χ3v) is 4.28. The third-order valence-electron chi connectivity index (χ3n) is 4.28. The van der Waals surface area contributed by atoms with Crippen LogP contribution in [0.5, 0.6) is 0 Å². The summed E-state index contributed by atoms with van der Waals surface area (Å²) in [5.41, 5.74) is 6.21. The fourth-order valence-electron chi connectivity index (χ4n) is 3.03. The van der Waals surface area contributed by atoms with Crippen LogP contribution >= 0.6 is 0 Å². The highest BCUT2D eigenvalue weighted by Gasteiger charge is 2.33. The van der Waals surface area contributed by atoms with E-state index in [-0.39, 0.29) is 18.1 Å². The molecule has 2 N–H and O–H groups in total. The van der Waals surface area contributed by atoms with Crippen molar-refractivity contribution in [2.75, 3.05) is 39.5 Å². The van der Waals surface area contributed by atoms with E-state index in [4.69, 9.17) is 19.7 Å². The van der Waals surface area contributed by atoms with Crippen molar-refractivity contribution in [1.29, 1.82) is 0 Å². The van der Waals surface area contributed by atoms with Gasteiger partial charge in [-0.25, -0.2) is 0 Å². The van der Waals surface area contributed by atoms with Gasteiger partial charge in [-0.2, -0.15) is 4.98 Å². The summed E-state index contributed by atoms with van der Waals surface area (Å²) < 4.78 is 16.4. The van der Waals surface area contributed by atoms with Gasteiger partial charge < -0.3 is 19.7 Å². The minimum absolute atomic E-state index is 0.189. The van der Waals surface area contributed by atoms with E-state index in [1.54, 1.807) is 0 Å². The molecule has 0 aliphatic carbocycles. The maximum atomic E-state index is 6.21. The number of nitrogens with zero attached hydrogens (tertiary/aromatic N) is 3. The van der Waals surface area contributed by atoms with Crippen molar-refractivity contribution in [2.45, 2.75) is 37.8 Å². The van der Waals surface area contributed by atoms with Crippen LogP contribution in [0.2, 0.25) is 0 Å². The second-order valence-corrected chi connectivity index (χ2v) is 5.72. The smallest absolute Gasteiger partial charge is 0.232 e. The van der Waals surface area contributed by atoms with Crippen molar-refractivity contribution >= 4 is 0 Å². The Morgan fingerprint density at radius 3 is 2.90 bits per heavy atom. The average Bonchev–Trinajstić information content (AvgIpc) is 3.16. The summed E-state index contributed by atoms with van der Waals surface area (Å²) in [4.78, 5) is 6.79. The highest BCUT2D eigenvalue weighted by molar-refractivity contribution is 5.02. The van der Waals surface area contributed by atoms with E-state index in [1.807, 2.05) is 0 Å². The molecule has 2 aliphatic heterocycles. The van der Waals surface area contributed by atoms with Crippen molar-refractivity contribution in [2.24, 2.45) is 5.73 Å². The van der Waals surface area contributed by atoms with Crippen molar-refractivity contribution in [3.63, 3.8) is 0 Å². The lowest BCUT2D eigenvalue weighted by atomic mass is 10.00. The van der Waals surface area contributed by atoms with Crippen LogP contribution in [0.4, 0.5) is 0 Å². The normalized spacial score (nSPS) is 28.9. The molecule has 7 heteroatoms. The van der Waals surface area contributed by atoms with Crippen LogP contribution in [0.1, 0.15) is 43.4 Å². The first-order chi connectivity index (χ1) is 10.3. The molecule has 3 rings (SSSR count). The van der Waals surface area contributed by atoms with Crippen molar-refractivity contribution in [3.05, 3.63) is 11.7 Å². The number of hydrogen-bond acceptors (Lipinski definition) is 7. The largest absolute Gasteiger partial charge is 0.379 e. The van der Waals surface area contributed by atoms with Crippen molar-refractivity contribution in [1.82, 2.24) is 15.0 Å². The van der Waals surface area contributed by atoms with E-state index in [9.17, 15) is 0 Å². The van der Waals surface area contributed by atoms with Gasteiger partial charge in [0, 0.05) is 26.2 Å². The molecule has 0 bridgehead atoms. The summed E-state index contributed by atoms with van der Waals surface area (Å²) in [6.45, 7) is 6.97. The van der Waals surface area contributed by atoms with Gasteiger partial charge in [0.25, 0.3) is 0 Å². The summed E-state index contributed by atoms with van der Waals surface area (Å²) in [7, 11) is 0. The van der Waals surface area contributed by atoms with E-state index in [2.05, 4.69) is 22.0 Å². The minimum atomic E-state index is -0.219. The van der Waals surface area contributed by atoms with Gasteiger partial charge in [-0.1, -0.05) is 12.1 Å². The molecule has 2 aliphatic rings. The highest BCUT2D eigenvalue weighted by Crippen LogP contribution is 2.32. The fourth-order valence-corrected chi connectivity index (χ4v) is 3.03. The Bertz CT molecular complexity index is 447. The van der Waals surface area contributed by atoms with E-state index in [0.717, 1.165) is 52.3 Å². The Hall–Kier alpha value is -1.02. The number of ether oxygens (including phenoxy) is 2. The third kappa shape index (κ3) is 3.42. The molecule has 1 aromatic rings. The average molecular weight is 296 g/mol. The van der Waals surface area contributed by atoms with Gasteiger partial charge in [-0.3, -0.25) is 4.90 Å². The summed E-state index contributed by atoms with van der Waals surface area (Å²) in [5, 5.41) is 4.07. The first-order valence-electron chi connectivity index (χ1n) is 7.78. The molecular formula is C14H24N4O3. The molecule has 2 fully saturated rings. The molecule has 21 heavy (non-hydrogen) atoms. The lowest BCUT2D eigenvalue weighted by molar-refractivity contribution is 0.0348. The number of nitrogens with two attached hydrogens (primary N) is 1. The molecule has 1 aromatic heterocycles. The standard InChI is InChI=1S/C14H24N4O3/c1-2-12-10(3-6-20-12)14-16-13(17-21-14)11(15)9-18-4-7-19-8-5-18/h10-12H,2-9,15H2,1H3. The van der Waals surface area contributed by atoms with Crippen molar-refractivity contribution in [3.8, 4) is 0 Å². The molecule has 3 heterocycles. The Labute approximate surface area is 124 Å². The number of aromatic nitrogens is 2. The highest BCUT2D eigenvalue weighted by atomic mass is 16.5. The van der Waals surface area contributed by atoms with Gasteiger partial charge in [0.15, 0.2) is 5.82 Å². The molecule has 0 spiro atoms. The van der Waals surface area contributed by atoms with E-state index >= 15 is 0 Å². The SMILES string of the molecule is CCC1OCCC1c1nc(C(N)CN2CCOCC2)no1. The zero-order chi connectivity index (χ0) is 14.7. The minimum Gasteiger partial charge on any atom is -0.379 e. The summed E-state index contributed by atoms with van der Waals surface area (Å²) in [5.74, 6) is 1.48. The summed E-state index contributed by atoms with van der Waals surface area (Å²) in [6.07, 6.45) is 2.09. The molecule has 3 atom stereocenters. The quantitative estimate of drug-likeness (QED) is 0.855. The second-order valence-electron chi connectivity index (χ2n) is 5.72. The lowest BCUT2D eigenvalue weighted by Crippen LogP contribution is -2.40. The molecule has 0 aromatic carbocycles. The second kappa shape index (κ2) is 6.83. The van der Waals surface area contributed by atoms with Crippen LogP contribution < -0.4 is 5.73 Å². The Kier molecular flexibility index (Phi) is 4.84. The molecule has 0 saturated carbocycles. The first kappa shape index (κ1) is 14.9. The van der Waals surface area contributed by atoms with Crippen LogP contribution in [0.15, 0.2) is 4.52 Å². The lowest BCUT2D eigenvalue weighted by Gasteiger charge is -2.27. The summed E-state index contributed by atoms with van der Waals surface area (Å²) in [6, 6.07) is -0.219. The van der Waals surface area contributed by atoms with E-state index in [1.165, 1.54) is 0 Å². The monoisotopic (exact) mass is 296 g/mol. The maximum Gasteiger partial charge on any atom is 0.232 e. The predicted octanol–water partition coefficient (Wildman–Crippen LogP) is 0.684. The van der Waals surface area contributed by atoms with Gasteiger partial charge >= 0.3 is 0 Å². The Morgan fingerprint density at radius 2 is 2.14 bits per heavy atom. The van der Waals surface area contributed by atoms with Gasteiger partial charge in [-0.05, 0) is 12.8 Å². The fraction of sp³-hybridized carbons (Fsp3) is 0.857. The zero-order valence-electron chi connectivity index (χ0n) is 12.5. The van der Waals surface area contributed by atoms with Crippen molar-refractivity contribution < 1.29 is 14.0 Å². The number of morpholine rings is 1. The Balaban J connectivity index is 1.61. The van der Waals surface area contributed by atoms with Gasteiger partial charge in [0.1, 0.15) is 0 Å². The van der Waals surface area contributed by atoms with Gasteiger partial charge in [-0.15, -0.1) is 0 Å². The topological polar surface area (TPSA) is 86.6 Å². The molecule has 3 unspecified atom stereocenters. The maximum absolute atomic E-state index is 6.21. The van der Waals surface area contributed by atoms with Crippen LogP contribution in [0.3, 0.4) is 0 Å². The zero-order valence-corrected chi connectivity index (χ0v) is 12.5. The van der Waals surface area contributed by atoms with E-state index < -0.39 is 0 Å². The van der Waals surface area contributed by atoms with Crippen LogP contribution in [-0.2, 0) is 9.47 Å².